The van der Waals surface area contributed by atoms with Crippen LogP contribution >= 0.6 is 0 Å². The number of nitrogens with zero attached hydrogens (tertiary/aromatic N) is 2. The van der Waals surface area contributed by atoms with Crippen LogP contribution in [-0.4, -0.2) is 61.4 Å². The lowest BCUT2D eigenvalue weighted by atomic mass is 10.1. The Morgan fingerprint density at radius 2 is 2.08 bits per heavy atom. The Kier molecular flexibility index (Phi) is 7.00. The number of benzene rings is 1. The number of ether oxygens (including phenoxy) is 3. The van der Waals surface area contributed by atoms with Crippen LogP contribution in [0.25, 0.3) is 6.08 Å². The predicted molar refractivity (Wildman–Crippen MR) is 91.7 cm³/mol. The molecule has 1 aromatic rings. The van der Waals surface area contributed by atoms with Gasteiger partial charge in [-0.15, -0.1) is 0 Å². The molecule has 1 aliphatic rings. The van der Waals surface area contributed by atoms with Crippen molar-refractivity contribution in [3.8, 4) is 17.6 Å². The van der Waals surface area contributed by atoms with Crippen molar-refractivity contribution >= 4 is 18.0 Å². The van der Waals surface area contributed by atoms with Gasteiger partial charge in [-0.2, -0.15) is 5.26 Å². The number of hydrogen-bond acceptors (Lipinski definition) is 6. The van der Waals surface area contributed by atoms with E-state index in [-0.39, 0.29) is 11.3 Å². The van der Waals surface area contributed by atoms with Crippen molar-refractivity contribution in [3.05, 3.63) is 29.3 Å². The van der Waals surface area contributed by atoms with E-state index in [0.29, 0.717) is 44.2 Å². The van der Waals surface area contributed by atoms with E-state index in [4.69, 9.17) is 19.3 Å². The zero-order valence-corrected chi connectivity index (χ0v) is 14.4. The molecule has 1 aromatic carbocycles. The summed E-state index contributed by atoms with van der Waals surface area (Å²) < 4.78 is 16.0. The molecule has 0 atom stereocenters. The SMILES string of the molecule is CCOc1cccc(/C=C(/C#N)C(=O)N2CCOCC2)c1OCC(=O)O. The minimum Gasteiger partial charge on any atom is -0.490 e. The van der Waals surface area contributed by atoms with Gasteiger partial charge in [0.2, 0.25) is 0 Å². The van der Waals surface area contributed by atoms with E-state index in [1.165, 1.54) is 6.08 Å². The van der Waals surface area contributed by atoms with Crippen LogP contribution in [0.4, 0.5) is 0 Å². The maximum absolute atomic E-state index is 12.5. The Balaban J connectivity index is 2.35. The lowest BCUT2D eigenvalue weighted by Crippen LogP contribution is -2.41. The first kappa shape index (κ1) is 19.3. The molecule has 0 radical (unpaired) electrons. The molecule has 1 fully saturated rings. The summed E-state index contributed by atoms with van der Waals surface area (Å²) in [5.41, 5.74) is 0.330. The lowest BCUT2D eigenvalue weighted by molar-refractivity contribution is -0.139. The Morgan fingerprint density at radius 3 is 2.69 bits per heavy atom. The van der Waals surface area contributed by atoms with Crippen molar-refractivity contribution in [1.29, 1.82) is 5.26 Å². The molecule has 1 saturated heterocycles. The summed E-state index contributed by atoms with van der Waals surface area (Å²) in [6, 6.07) is 6.85. The Bertz CT molecular complexity index is 732. The topological polar surface area (TPSA) is 109 Å². The summed E-state index contributed by atoms with van der Waals surface area (Å²) in [5, 5.41) is 18.3. The van der Waals surface area contributed by atoms with Gasteiger partial charge in [-0.05, 0) is 19.1 Å². The van der Waals surface area contributed by atoms with E-state index in [9.17, 15) is 14.9 Å². The zero-order valence-electron chi connectivity index (χ0n) is 14.4. The first-order valence-electron chi connectivity index (χ1n) is 8.16. The number of morpholine rings is 1. The molecule has 1 heterocycles. The maximum atomic E-state index is 12.5. The molecule has 26 heavy (non-hydrogen) atoms. The molecule has 8 nitrogen and oxygen atoms in total. The van der Waals surface area contributed by atoms with Crippen LogP contribution < -0.4 is 9.47 Å². The van der Waals surface area contributed by atoms with Gasteiger partial charge in [0, 0.05) is 18.7 Å². The molecule has 0 spiro atoms. The molecule has 1 N–H and O–H groups in total. The maximum Gasteiger partial charge on any atom is 0.341 e. The molecular weight excluding hydrogens is 340 g/mol. The molecule has 0 aromatic heterocycles. The van der Waals surface area contributed by atoms with Crippen molar-refractivity contribution in [1.82, 2.24) is 4.90 Å². The summed E-state index contributed by atoms with van der Waals surface area (Å²) >= 11 is 0. The second-order valence-corrected chi connectivity index (χ2v) is 5.36. The molecule has 0 bridgehead atoms. The third kappa shape index (κ3) is 4.97. The van der Waals surface area contributed by atoms with E-state index in [1.807, 2.05) is 6.07 Å². The summed E-state index contributed by atoms with van der Waals surface area (Å²) in [7, 11) is 0. The number of nitriles is 1. The van der Waals surface area contributed by atoms with E-state index >= 15 is 0 Å². The standard InChI is InChI=1S/C18H20N2O6/c1-2-25-15-5-3-4-13(17(15)26-12-16(21)22)10-14(11-19)18(23)20-6-8-24-9-7-20/h3-5,10H,2,6-9,12H2,1H3,(H,21,22)/b14-10-. The number of carbonyl (C=O) groups is 2. The fraction of sp³-hybridized carbons (Fsp3) is 0.389. The highest BCUT2D eigenvalue weighted by molar-refractivity contribution is 6.02. The van der Waals surface area contributed by atoms with Crippen LogP contribution in [0.1, 0.15) is 12.5 Å². The van der Waals surface area contributed by atoms with Crippen molar-refractivity contribution < 1.29 is 28.9 Å². The highest BCUT2D eigenvalue weighted by Gasteiger charge is 2.21. The Labute approximate surface area is 151 Å². The molecular formula is C18H20N2O6. The van der Waals surface area contributed by atoms with Gasteiger partial charge in [-0.3, -0.25) is 4.79 Å². The third-order valence-electron chi connectivity index (χ3n) is 3.60. The summed E-state index contributed by atoms with van der Waals surface area (Å²) in [6.45, 7) is 3.26. The van der Waals surface area contributed by atoms with Gasteiger partial charge in [0.15, 0.2) is 18.1 Å². The average molecular weight is 360 g/mol. The average Bonchev–Trinajstić information content (AvgIpc) is 2.65. The normalized spacial score (nSPS) is 14.5. The van der Waals surface area contributed by atoms with Crippen molar-refractivity contribution in [3.63, 3.8) is 0 Å². The van der Waals surface area contributed by atoms with Gasteiger partial charge < -0.3 is 24.2 Å². The molecule has 0 aliphatic carbocycles. The van der Waals surface area contributed by atoms with E-state index < -0.39 is 18.5 Å². The quantitative estimate of drug-likeness (QED) is 0.577. The van der Waals surface area contributed by atoms with Gasteiger partial charge in [0.1, 0.15) is 11.6 Å². The first-order valence-corrected chi connectivity index (χ1v) is 8.16. The van der Waals surface area contributed by atoms with Gasteiger partial charge in [-0.1, -0.05) is 12.1 Å². The monoisotopic (exact) mass is 360 g/mol. The second-order valence-electron chi connectivity index (χ2n) is 5.36. The highest BCUT2D eigenvalue weighted by atomic mass is 16.5. The van der Waals surface area contributed by atoms with Crippen molar-refractivity contribution in [2.45, 2.75) is 6.92 Å². The van der Waals surface area contributed by atoms with Crippen LogP contribution in [0.2, 0.25) is 0 Å². The number of carboxylic acids is 1. The smallest absolute Gasteiger partial charge is 0.341 e. The summed E-state index contributed by atoms with van der Waals surface area (Å²) in [4.78, 5) is 24.9. The fourth-order valence-electron chi connectivity index (χ4n) is 2.44. The van der Waals surface area contributed by atoms with Gasteiger partial charge in [-0.25, -0.2) is 4.79 Å². The van der Waals surface area contributed by atoms with Gasteiger partial charge >= 0.3 is 5.97 Å². The Morgan fingerprint density at radius 1 is 1.35 bits per heavy atom. The molecule has 0 unspecified atom stereocenters. The number of rotatable bonds is 7. The van der Waals surface area contributed by atoms with Crippen LogP contribution in [-0.2, 0) is 14.3 Å². The highest BCUT2D eigenvalue weighted by Crippen LogP contribution is 2.33. The fourth-order valence-corrected chi connectivity index (χ4v) is 2.44. The minimum atomic E-state index is -1.14. The molecule has 1 amide bonds. The molecule has 138 valence electrons. The largest absolute Gasteiger partial charge is 0.490 e. The van der Waals surface area contributed by atoms with Crippen LogP contribution in [0.3, 0.4) is 0 Å². The number of carbonyl (C=O) groups excluding carboxylic acids is 1. The molecule has 0 saturated carbocycles. The minimum absolute atomic E-state index is 0.0688. The number of hydrogen-bond donors (Lipinski definition) is 1. The van der Waals surface area contributed by atoms with Crippen LogP contribution in [0, 0.1) is 11.3 Å². The molecule has 1 aliphatic heterocycles. The van der Waals surface area contributed by atoms with Crippen molar-refractivity contribution in [2.24, 2.45) is 0 Å². The summed E-state index contributed by atoms with van der Waals surface area (Å²) in [5.74, 6) is -1.02. The number of amides is 1. The predicted octanol–water partition coefficient (Wildman–Crippen LogP) is 1.31. The van der Waals surface area contributed by atoms with Gasteiger partial charge in [0.25, 0.3) is 5.91 Å². The molecule has 8 heteroatoms. The first-order chi connectivity index (χ1) is 12.6. The molecule has 2 rings (SSSR count). The van der Waals surface area contributed by atoms with Crippen LogP contribution in [0.15, 0.2) is 23.8 Å². The third-order valence-corrected chi connectivity index (χ3v) is 3.60. The van der Waals surface area contributed by atoms with Gasteiger partial charge in [0.05, 0.1) is 19.8 Å². The Hall–Kier alpha value is -3.05. The van der Waals surface area contributed by atoms with Crippen molar-refractivity contribution in [2.75, 3.05) is 39.5 Å². The van der Waals surface area contributed by atoms with E-state index in [2.05, 4.69) is 0 Å². The van der Waals surface area contributed by atoms with E-state index in [1.54, 1.807) is 30.0 Å². The number of carboxylic acid groups (broad SMARTS) is 1. The number of aliphatic carboxylic acids is 1. The zero-order chi connectivity index (χ0) is 18.9. The lowest BCUT2D eigenvalue weighted by Gasteiger charge is -2.26. The summed E-state index contributed by atoms with van der Waals surface area (Å²) in [6.07, 6.45) is 1.39. The second kappa shape index (κ2) is 9.44. The van der Waals surface area contributed by atoms with E-state index in [0.717, 1.165) is 0 Å². The number of para-hydroxylation sites is 1. The van der Waals surface area contributed by atoms with Crippen LogP contribution in [0.5, 0.6) is 11.5 Å².